The van der Waals surface area contributed by atoms with Crippen LogP contribution in [0.25, 0.3) is 0 Å². The Bertz CT molecular complexity index is 363. The average Bonchev–Trinajstić information content (AvgIpc) is 2.22. The number of aromatic hydroxyl groups is 1. The molecule has 0 saturated heterocycles. The number of methoxy groups -OCH3 is 1. The number of anilines is 1. The number of phenols is 1. The fourth-order valence-corrected chi connectivity index (χ4v) is 1.18. The van der Waals surface area contributed by atoms with E-state index in [1.165, 1.54) is 7.11 Å². The number of hydrogen-bond acceptors (Lipinski definition) is 4. The normalized spacial score (nSPS) is 11.9. The van der Waals surface area contributed by atoms with E-state index in [4.69, 9.17) is 0 Å². The SMILES string of the molecule is COC(=O)C(C)Nc1ccc(C)c(O)c1. The summed E-state index contributed by atoms with van der Waals surface area (Å²) in [5.74, 6) is -0.132. The van der Waals surface area contributed by atoms with Crippen molar-refractivity contribution in [2.24, 2.45) is 0 Å². The standard InChI is InChI=1S/C11H15NO3/c1-7-4-5-9(6-10(7)13)12-8(2)11(14)15-3/h4-6,8,12-13H,1-3H3. The number of carbonyl (C=O) groups excluding carboxylic acids is 1. The molecule has 1 aromatic carbocycles. The first kappa shape index (κ1) is 11.4. The number of hydrogen-bond donors (Lipinski definition) is 2. The van der Waals surface area contributed by atoms with Crippen molar-refractivity contribution in [1.82, 2.24) is 0 Å². The molecule has 0 saturated carbocycles. The molecule has 0 heterocycles. The summed E-state index contributed by atoms with van der Waals surface area (Å²) in [7, 11) is 1.34. The highest BCUT2D eigenvalue weighted by molar-refractivity contribution is 5.78. The molecule has 1 aromatic rings. The molecule has 1 unspecified atom stereocenters. The second-order valence-electron chi connectivity index (χ2n) is 3.39. The van der Waals surface area contributed by atoms with Crippen LogP contribution in [0.2, 0.25) is 0 Å². The molecule has 0 spiro atoms. The van der Waals surface area contributed by atoms with E-state index in [-0.39, 0.29) is 11.7 Å². The van der Waals surface area contributed by atoms with Crippen LogP contribution in [0, 0.1) is 6.92 Å². The Kier molecular flexibility index (Phi) is 3.55. The van der Waals surface area contributed by atoms with Crippen LogP contribution in [-0.4, -0.2) is 24.2 Å². The predicted octanol–water partition coefficient (Wildman–Crippen LogP) is 1.67. The van der Waals surface area contributed by atoms with Gasteiger partial charge in [-0.15, -0.1) is 0 Å². The van der Waals surface area contributed by atoms with Crippen LogP contribution in [-0.2, 0) is 9.53 Å². The zero-order chi connectivity index (χ0) is 11.4. The van der Waals surface area contributed by atoms with Gasteiger partial charge in [0.1, 0.15) is 11.8 Å². The highest BCUT2D eigenvalue weighted by Crippen LogP contribution is 2.21. The summed E-state index contributed by atoms with van der Waals surface area (Å²) < 4.78 is 4.57. The van der Waals surface area contributed by atoms with Crippen molar-refractivity contribution in [2.45, 2.75) is 19.9 Å². The summed E-state index contributed by atoms with van der Waals surface area (Å²) in [4.78, 5) is 11.1. The summed E-state index contributed by atoms with van der Waals surface area (Å²) in [6.45, 7) is 3.51. The van der Waals surface area contributed by atoms with Crippen molar-refractivity contribution in [2.75, 3.05) is 12.4 Å². The highest BCUT2D eigenvalue weighted by atomic mass is 16.5. The monoisotopic (exact) mass is 209 g/mol. The van der Waals surface area contributed by atoms with Gasteiger partial charge in [0.2, 0.25) is 0 Å². The lowest BCUT2D eigenvalue weighted by Gasteiger charge is -2.13. The number of carbonyl (C=O) groups is 1. The molecule has 0 bridgehead atoms. The van der Waals surface area contributed by atoms with Gasteiger partial charge < -0.3 is 15.2 Å². The van der Waals surface area contributed by atoms with Crippen molar-refractivity contribution in [3.8, 4) is 5.75 Å². The molecule has 82 valence electrons. The molecule has 15 heavy (non-hydrogen) atoms. The number of esters is 1. The molecule has 0 amide bonds. The molecule has 0 aromatic heterocycles. The first-order valence-electron chi connectivity index (χ1n) is 4.68. The van der Waals surface area contributed by atoms with Crippen LogP contribution in [0.15, 0.2) is 18.2 Å². The van der Waals surface area contributed by atoms with Gasteiger partial charge in [-0.2, -0.15) is 0 Å². The maximum absolute atomic E-state index is 11.1. The Morgan fingerprint density at radius 2 is 2.20 bits per heavy atom. The second-order valence-corrected chi connectivity index (χ2v) is 3.39. The molecule has 0 aliphatic carbocycles. The maximum atomic E-state index is 11.1. The van der Waals surface area contributed by atoms with Crippen LogP contribution in [0.1, 0.15) is 12.5 Å². The Labute approximate surface area is 88.9 Å². The van der Waals surface area contributed by atoms with Crippen LogP contribution < -0.4 is 5.32 Å². The number of nitrogens with one attached hydrogen (secondary N) is 1. The Balaban J connectivity index is 2.73. The molecule has 4 nitrogen and oxygen atoms in total. The van der Waals surface area contributed by atoms with E-state index in [9.17, 15) is 9.90 Å². The first-order valence-corrected chi connectivity index (χ1v) is 4.68. The summed E-state index contributed by atoms with van der Waals surface area (Å²) in [5, 5.41) is 12.4. The number of rotatable bonds is 3. The number of benzene rings is 1. The molecule has 4 heteroatoms. The summed E-state index contributed by atoms with van der Waals surface area (Å²) >= 11 is 0. The van der Waals surface area contributed by atoms with Gasteiger partial charge in [0.15, 0.2) is 0 Å². The molecule has 0 aliphatic heterocycles. The molecule has 2 N–H and O–H groups in total. The number of aryl methyl sites for hydroxylation is 1. The van der Waals surface area contributed by atoms with E-state index in [2.05, 4.69) is 10.1 Å². The van der Waals surface area contributed by atoms with Crippen molar-refractivity contribution in [3.63, 3.8) is 0 Å². The topological polar surface area (TPSA) is 58.6 Å². The van der Waals surface area contributed by atoms with Gasteiger partial charge >= 0.3 is 5.97 Å². The fraction of sp³-hybridized carbons (Fsp3) is 0.364. The van der Waals surface area contributed by atoms with Crippen LogP contribution in [0.5, 0.6) is 5.75 Å². The lowest BCUT2D eigenvalue weighted by Crippen LogP contribution is -2.27. The van der Waals surface area contributed by atoms with Crippen LogP contribution in [0.4, 0.5) is 5.69 Å². The molecule has 0 fully saturated rings. The smallest absolute Gasteiger partial charge is 0.327 e. The fourth-order valence-electron chi connectivity index (χ4n) is 1.18. The summed E-state index contributed by atoms with van der Waals surface area (Å²) in [5.41, 5.74) is 1.49. The Morgan fingerprint density at radius 3 is 2.73 bits per heavy atom. The van der Waals surface area contributed by atoms with Gasteiger partial charge in [-0.1, -0.05) is 6.07 Å². The van der Waals surface area contributed by atoms with Crippen molar-refractivity contribution in [3.05, 3.63) is 23.8 Å². The van der Waals surface area contributed by atoms with Gasteiger partial charge in [0.25, 0.3) is 0 Å². The first-order chi connectivity index (χ1) is 7.04. The minimum Gasteiger partial charge on any atom is -0.508 e. The molecule has 1 rings (SSSR count). The second kappa shape index (κ2) is 4.68. The van der Waals surface area contributed by atoms with Gasteiger partial charge in [0, 0.05) is 11.8 Å². The molecular weight excluding hydrogens is 194 g/mol. The van der Waals surface area contributed by atoms with Crippen LogP contribution in [0.3, 0.4) is 0 Å². The predicted molar refractivity (Wildman–Crippen MR) is 57.9 cm³/mol. The van der Waals surface area contributed by atoms with E-state index in [1.807, 2.05) is 6.92 Å². The van der Waals surface area contributed by atoms with Gasteiger partial charge in [-0.05, 0) is 25.5 Å². The molecule has 0 aliphatic rings. The van der Waals surface area contributed by atoms with E-state index < -0.39 is 6.04 Å². The molecule has 1 atom stereocenters. The van der Waals surface area contributed by atoms with E-state index >= 15 is 0 Å². The van der Waals surface area contributed by atoms with E-state index in [0.29, 0.717) is 5.69 Å². The average molecular weight is 209 g/mol. The Morgan fingerprint density at radius 1 is 1.53 bits per heavy atom. The Hall–Kier alpha value is -1.71. The zero-order valence-electron chi connectivity index (χ0n) is 9.07. The third-order valence-corrected chi connectivity index (χ3v) is 2.15. The van der Waals surface area contributed by atoms with Crippen molar-refractivity contribution >= 4 is 11.7 Å². The van der Waals surface area contributed by atoms with Gasteiger partial charge in [0.05, 0.1) is 7.11 Å². The highest BCUT2D eigenvalue weighted by Gasteiger charge is 2.12. The van der Waals surface area contributed by atoms with Gasteiger partial charge in [-0.3, -0.25) is 0 Å². The van der Waals surface area contributed by atoms with Crippen molar-refractivity contribution < 1.29 is 14.6 Å². The lowest BCUT2D eigenvalue weighted by molar-refractivity contribution is -0.141. The largest absolute Gasteiger partial charge is 0.508 e. The number of ether oxygens (including phenoxy) is 1. The quantitative estimate of drug-likeness (QED) is 0.743. The summed E-state index contributed by atoms with van der Waals surface area (Å²) in [6.07, 6.45) is 0. The van der Waals surface area contributed by atoms with Crippen molar-refractivity contribution in [1.29, 1.82) is 0 Å². The third kappa shape index (κ3) is 2.87. The third-order valence-electron chi connectivity index (χ3n) is 2.15. The van der Waals surface area contributed by atoms with Gasteiger partial charge in [-0.25, -0.2) is 4.79 Å². The maximum Gasteiger partial charge on any atom is 0.327 e. The zero-order valence-corrected chi connectivity index (χ0v) is 9.07. The van der Waals surface area contributed by atoms with E-state index in [0.717, 1.165) is 5.56 Å². The lowest BCUT2D eigenvalue weighted by atomic mass is 10.2. The van der Waals surface area contributed by atoms with E-state index in [1.54, 1.807) is 25.1 Å². The summed E-state index contributed by atoms with van der Waals surface area (Å²) in [6, 6.07) is 4.72. The molecular formula is C11H15NO3. The minimum absolute atomic E-state index is 0.206. The minimum atomic E-state index is -0.433. The van der Waals surface area contributed by atoms with Crippen LogP contribution >= 0.6 is 0 Å². The number of phenolic OH excluding ortho intramolecular Hbond substituents is 1. The molecule has 0 radical (unpaired) electrons.